The fraction of sp³-hybridized carbons (Fsp3) is 0.500. The SMILES string of the molecule is CCN(CC)C(=O)CCNc1ccc(S(C)(=O)=O)cc1N. The van der Waals surface area contributed by atoms with Gasteiger partial charge in [0.2, 0.25) is 5.91 Å². The summed E-state index contributed by atoms with van der Waals surface area (Å²) < 4.78 is 22.8. The number of nitrogens with zero attached hydrogens (tertiary/aromatic N) is 1. The second-order valence-electron chi connectivity index (χ2n) is 4.76. The zero-order valence-corrected chi connectivity index (χ0v) is 13.5. The summed E-state index contributed by atoms with van der Waals surface area (Å²) in [6.07, 6.45) is 1.51. The highest BCUT2D eigenvalue weighted by molar-refractivity contribution is 7.90. The van der Waals surface area contributed by atoms with Gasteiger partial charge < -0.3 is 16.0 Å². The van der Waals surface area contributed by atoms with Gasteiger partial charge in [-0.05, 0) is 32.0 Å². The molecule has 0 spiro atoms. The minimum absolute atomic E-state index is 0.0822. The van der Waals surface area contributed by atoms with Crippen molar-refractivity contribution in [2.45, 2.75) is 25.2 Å². The summed E-state index contributed by atoms with van der Waals surface area (Å²) in [5.74, 6) is 0.0822. The van der Waals surface area contributed by atoms with E-state index in [4.69, 9.17) is 5.73 Å². The van der Waals surface area contributed by atoms with Gasteiger partial charge in [-0.25, -0.2) is 8.42 Å². The van der Waals surface area contributed by atoms with E-state index in [2.05, 4.69) is 5.32 Å². The van der Waals surface area contributed by atoms with Crippen LogP contribution in [0.5, 0.6) is 0 Å². The zero-order chi connectivity index (χ0) is 16.0. The molecule has 0 fully saturated rings. The van der Waals surface area contributed by atoms with Crippen molar-refractivity contribution in [3.8, 4) is 0 Å². The number of benzene rings is 1. The summed E-state index contributed by atoms with van der Waals surface area (Å²) in [5.41, 5.74) is 6.81. The fourth-order valence-electron chi connectivity index (χ4n) is 1.97. The maximum Gasteiger partial charge on any atom is 0.224 e. The first kappa shape index (κ1) is 17.3. The molecule has 1 amide bonds. The standard InChI is InChI=1S/C14H23N3O3S/c1-4-17(5-2)14(18)8-9-16-13-7-6-11(10-12(13)15)21(3,19)20/h6-7,10,16H,4-5,8-9,15H2,1-3H3. The number of hydrogen-bond acceptors (Lipinski definition) is 5. The lowest BCUT2D eigenvalue weighted by atomic mass is 10.2. The van der Waals surface area contributed by atoms with Gasteiger partial charge >= 0.3 is 0 Å². The molecule has 0 saturated carbocycles. The predicted molar refractivity (Wildman–Crippen MR) is 85.0 cm³/mol. The number of anilines is 2. The van der Waals surface area contributed by atoms with Crippen molar-refractivity contribution in [3.05, 3.63) is 18.2 Å². The molecule has 0 bridgehead atoms. The van der Waals surface area contributed by atoms with Gasteiger partial charge in [0.25, 0.3) is 0 Å². The van der Waals surface area contributed by atoms with E-state index >= 15 is 0 Å². The van der Waals surface area contributed by atoms with Gasteiger partial charge in [-0.15, -0.1) is 0 Å². The second-order valence-corrected chi connectivity index (χ2v) is 6.78. The van der Waals surface area contributed by atoms with Gasteiger partial charge in [0.1, 0.15) is 0 Å². The number of carbonyl (C=O) groups is 1. The van der Waals surface area contributed by atoms with Crippen molar-refractivity contribution in [1.82, 2.24) is 4.90 Å². The van der Waals surface area contributed by atoms with Gasteiger partial charge in [0, 0.05) is 32.3 Å². The van der Waals surface area contributed by atoms with Crippen molar-refractivity contribution in [3.63, 3.8) is 0 Å². The van der Waals surface area contributed by atoms with Crippen LogP contribution in [-0.4, -0.2) is 45.1 Å². The molecule has 3 N–H and O–H groups in total. The Morgan fingerprint density at radius 2 is 1.90 bits per heavy atom. The molecule has 0 radical (unpaired) electrons. The molecule has 0 saturated heterocycles. The molecular formula is C14H23N3O3S. The van der Waals surface area contributed by atoms with Crippen LogP contribution in [0.3, 0.4) is 0 Å². The number of rotatable bonds is 7. The predicted octanol–water partition coefficient (Wildman–Crippen LogP) is 1.34. The lowest BCUT2D eigenvalue weighted by molar-refractivity contribution is -0.130. The van der Waals surface area contributed by atoms with E-state index in [0.717, 1.165) is 6.26 Å². The van der Waals surface area contributed by atoms with E-state index in [1.807, 2.05) is 13.8 Å². The lowest BCUT2D eigenvalue weighted by Crippen LogP contribution is -2.31. The number of carbonyl (C=O) groups excluding carboxylic acids is 1. The Balaban J connectivity index is 2.63. The van der Waals surface area contributed by atoms with Crippen molar-refractivity contribution in [1.29, 1.82) is 0 Å². The molecule has 118 valence electrons. The number of amides is 1. The maximum absolute atomic E-state index is 11.8. The molecule has 0 aliphatic carbocycles. The van der Waals surface area contributed by atoms with Crippen molar-refractivity contribution in [2.75, 3.05) is 36.9 Å². The summed E-state index contributed by atoms with van der Waals surface area (Å²) in [5, 5.41) is 3.06. The molecule has 0 aliphatic rings. The van der Waals surface area contributed by atoms with Gasteiger partial charge in [0.05, 0.1) is 16.3 Å². The van der Waals surface area contributed by atoms with E-state index in [0.29, 0.717) is 37.4 Å². The third-order valence-corrected chi connectivity index (χ3v) is 4.33. The van der Waals surface area contributed by atoms with Crippen LogP contribution in [0.25, 0.3) is 0 Å². The summed E-state index contributed by atoms with van der Waals surface area (Å²) in [6, 6.07) is 4.54. The van der Waals surface area contributed by atoms with Crippen LogP contribution in [0.1, 0.15) is 20.3 Å². The molecule has 21 heavy (non-hydrogen) atoms. The van der Waals surface area contributed by atoms with Crippen molar-refractivity contribution >= 4 is 27.1 Å². The first-order valence-electron chi connectivity index (χ1n) is 6.90. The van der Waals surface area contributed by atoms with Gasteiger partial charge in [0.15, 0.2) is 9.84 Å². The van der Waals surface area contributed by atoms with E-state index in [9.17, 15) is 13.2 Å². The second kappa shape index (κ2) is 7.31. The number of hydrogen-bond donors (Lipinski definition) is 2. The average molecular weight is 313 g/mol. The number of nitrogens with one attached hydrogen (secondary N) is 1. The van der Waals surface area contributed by atoms with Crippen LogP contribution < -0.4 is 11.1 Å². The van der Waals surface area contributed by atoms with Crippen LogP contribution in [0.2, 0.25) is 0 Å². The number of nitrogen functional groups attached to an aromatic ring is 1. The fourth-order valence-corrected chi connectivity index (χ4v) is 2.63. The van der Waals surface area contributed by atoms with Crippen LogP contribution >= 0.6 is 0 Å². The normalized spacial score (nSPS) is 11.2. The first-order valence-corrected chi connectivity index (χ1v) is 8.80. The van der Waals surface area contributed by atoms with Crippen LogP contribution in [0.15, 0.2) is 23.1 Å². The molecule has 1 aromatic carbocycles. The highest BCUT2D eigenvalue weighted by Crippen LogP contribution is 2.22. The molecule has 0 atom stereocenters. The van der Waals surface area contributed by atoms with E-state index < -0.39 is 9.84 Å². The van der Waals surface area contributed by atoms with E-state index in [-0.39, 0.29) is 10.8 Å². The van der Waals surface area contributed by atoms with Crippen molar-refractivity contribution in [2.24, 2.45) is 0 Å². The van der Waals surface area contributed by atoms with Gasteiger partial charge in [-0.2, -0.15) is 0 Å². The molecule has 0 heterocycles. The monoisotopic (exact) mass is 313 g/mol. The Morgan fingerprint density at radius 3 is 2.38 bits per heavy atom. The summed E-state index contributed by atoms with van der Waals surface area (Å²) >= 11 is 0. The first-order chi connectivity index (χ1) is 9.79. The minimum Gasteiger partial charge on any atom is -0.397 e. The molecule has 1 rings (SSSR count). The van der Waals surface area contributed by atoms with Gasteiger partial charge in [-0.1, -0.05) is 0 Å². The lowest BCUT2D eigenvalue weighted by Gasteiger charge is -2.19. The Morgan fingerprint density at radius 1 is 1.29 bits per heavy atom. The Bertz CT molecular complexity index is 595. The largest absolute Gasteiger partial charge is 0.397 e. The minimum atomic E-state index is -3.26. The third kappa shape index (κ3) is 4.93. The highest BCUT2D eigenvalue weighted by Gasteiger charge is 2.11. The Hall–Kier alpha value is -1.76. The van der Waals surface area contributed by atoms with Crippen LogP contribution in [0.4, 0.5) is 11.4 Å². The van der Waals surface area contributed by atoms with E-state index in [1.54, 1.807) is 11.0 Å². The highest BCUT2D eigenvalue weighted by atomic mass is 32.2. The van der Waals surface area contributed by atoms with Crippen molar-refractivity contribution < 1.29 is 13.2 Å². The third-order valence-electron chi connectivity index (χ3n) is 3.22. The number of nitrogens with two attached hydrogens (primary N) is 1. The Kier molecular flexibility index (Phi) is 6.02. The Labute approximate surface area is 126 Å². The molecule has 0 aliphatic heterocycles. The molecule has 1 aromatic rings. The van der Waals surface area contributed by atoms with Crippen LogP contribution in [0, 0.1) is 0 Å². The molecule has 0 unspecified atom stereocenters. The quantitative estimate of drug-likeness (QED) is 0.741. The molecular weight excluding hydrogens is 290 g/mol. The summed E-state index contributed by atoms with van der Waals surface area (Å²) in [7, 11) is -3.26. The van der Waals surface area contributed by atoms with E-state index in [1.165, 1.54) is 12.1 Å². The maximum atomic E-state index is 11.8. The van der Waals surface area contributed by atoms with Gasteiger partial charge in [-0.3, -0.25) is 4.79 Å². The molecule has 0 aromatic heterocycles. The topological polar surface area (TPSA) is 92.5 Å². The number of sulfone groups is 1. The average Bonchev–Trinajstić information content (AvgIpc) is 2.40. The molecule has 6 nitrogen and oxygen atoms in total. The molecule has 7 heteroatoms. The summed E-state index contributed by atoms with van der Waals surface area (Å²) in [6.45, 7) is 5.73. The zero-order valence-electron chi connectivity index (χ0n) is 12.7. The summed E-state index contributed by atoms with van der Waals surface area (Å²) in [4.78, 5) is 13.8. The smallest absolute Gasteiger partial charge is 0.224 e. The van der Waals surface area contributed by atoms with Crippen LogP contribution in [-0.2, 0) is 14.6 Å².